The molecule has 1 saturated carbocycles. The minimum atomic E-state index is -0.338. The average molecular weight is 565 g/mol. The normalized spacial score (nSPS) is 16.6. The van der Waals surface area contributed by atoms with Crippen molar-refractivity contribution in [3.05, 3.63) is 59.3 Å². The molecule has 2 N–H and O–H groups in total. The predicted molar refractivity (Wildman–Crippen MR) is 158 cm³/mol. The van der Waals surface area contributed by atoms with Gasteiger partial charge in [0.25, 0.3) is 0 Å². The number of benzene rings is 1. The standard InChI is InChI=1S/C29H37FN8OS/c1-6-23(35-37(5)26(33-7-2)20-14-16-38(17-15-20)28(39)21-8-9-21)27(32-3)36(4)29-34-25(24(18-31)40-29)19-10-12-22(30)13-11-19/h7,10-13,20-21,32,35H,2,6,8-9,14-17H2,1,3-5H3/b27-23+,33-26-. The van der Waals surface area contributed by atoms with Crippen LogP contribution in [0.5, 0.6) is 0 Å². The Morgan fingerprint density at radius 3 is 2.48 bits per heavy atom. The van der Waals surface area contributed by atoms with Crippen molar-refractivity contribution in [3.8, 4) is 17.3 Å². The molecule has 1 aromatic carbocycles. The van der Waals surface area contributed by atoms with Crippen molar-refractivity contribution in [1.82, 2.24) is 25.6 Å². The van der Waals surface area contributed by atoms with Gasteiger partial charge in [-0.15, -0.1) is 0 Å². The second-order valence-corrected chi connectivity index (χ2v) is 11.0. The lowest BCUT2D eigenvalue weighted by atomic mass is 9.95. The Balaban J connectivity index is 1.53. The van der Waals surface area contributed by atoms with E-state index >= 15 is 0 Å². The van der Waals surface area contributed by atoms with Crippen LogP contribution >= 0.6 is 11.3 Å². The van der Waals surface area contributed by atoms with E-state index in [9.17, 15) is 14.4 Å². The van der Waals surface area contributed by atoms with Gasteiger partial charge in [-0.2, -0.15) is 5.26 Å². The zero-order valence-electron chi connectivity index (χ0n) is 23.6. The van der Waals surface area contributed by atoms with Crippen molar-refractivity contribution >= 4 is 28.2 Å². The quantitative estimate of drug-likeness (QED) is 0.246. The van der Waals surface area contributed by atoms with Gasteiger partial charge in [-0.3, -0.25) is 15.2 Å². The van der Waals surface area contributed by atoms with Gasteiger partial charge in [0.2, 0.25) is 5.91 Å². The van der Waals surface area contributed by atoms with Gasteiger partial charge in [-0.25, -0.2) is 14.4 Å². The SMILES string of the molecule is C=C/N=C(/C1CCN(C(=O)C2CC2)CC1)N(C)N/C(CC)=C(\NC)N(C)c1nc(-c2ccc(F)cc2)c(C#N)s1. The molecular weight excluding hydrogens is 527 g/mol. The second kappa shape index (κ2) is 13.0. The number of allylic oxidation sites excluding steroid dienone is 1. The van der Waals surface area contributed by atoms with Gasteiger partial charge in [0, 0.05) is 57.8 Å². The van der Waals surface area contributed by atoms with Crippen LogP contribution in [0.4, 0.5) is 9.52 Å². The summed E-state index contributed by atoms with van der Waals surface area (Å²) in [5.41, 5.74) is 5.63. The maximum Gasteiger partial charge on any atom is 0.225 e. The lowest BCUT2D eigenvalue weighted by molar-refractivity contribution is -0.133. The van der Waals surface area contributed by atoms with E-state index in [-0.39, 0.29) is 17.7 Å². The number of amides is 1. The maximum atomic E-state index is 13.5. The molecule has 4 rings (SSSR count). The summed E-state index contributed by atoms with van der Waals surface area (Å²) in [4.78, 5) is 26.2. The summed E-state index contributed by atoms with van der Waals surface area (Å²) >= 11 is 1.28. The Bertz CT molecular complexity index is 1320. The molecule has 2 fully saturated rings. The van der Waals surface area contributed by atoms with Crippen molar-refractivity contribution in [2.45, 2.75) is 39.0 Å². The molecule has 212 valence electrons. The molecule has 0 radical (unpaired) electrons. The molecule has 0 atom stereocenters. The minimum absolute atomic E-state index is 0.197. The zero-order chi connectivity index (χ0) is 28.8. The first-order chi connectivity index (χ1) is 19.3. The molecule has 2 heterocycles. The smallest absolute Gasteiger partial charge is 0.225 e. The van der Waals surface area contributed by atoms with Crippen LogP contribution in [0.25, 0.3) is 11.3 Å². The molecule has 1 aromatic heterocycles. The van der Waals surface area contributed by atoms with E-state index in [0.29, 0.717) is 33.6 Å². The first-order valence-electron chi connectivity index (χ1n) is 13.6. The fourth-order valence-corrected chi connectivity index (χ4v) is 5.87. The third-order valence-electron chi connectivity index (χ3n) is 7.30. The molecular formula is C29H37FN8OS. The predicted octanol–water partition coefficient (Wildman–Crippen LogP) is 4.68. The van der Waals surface area contributed by atoms with E-state index in [1.54, 1.807) is 18.3 Å². The first kappa shape index (κ1) is 29.1. The summed E-state index contributed by atoms with van der Waals surface area (Å²) in [6.07, 6.45) is 5.99. The van der Waals surface area contributed by atoms with Crippen LogP contribution in [-0.2, 0) is 4.79 Å². The molecule has 11 heteroatoms. The Hall–Kier alpha value is -3.91. The zero-order valence-corrected chi connectivity index (χ0v) is 24.4. The van der Waals surface area contributed by atoms with Crippen molar-refractivity contribution in [2.24, 2.45) is 16.8 Å². The van der Waals surface area contributed by atoms with E-state index in [1.165, 1.54) is 23.5 Å². The molecule has 2 aliphatic rings. The molecule has 0 spiro atoms. The van der Waals surface area contributed by atoms with Crippen molar-refractivity contribution in [1.29, 1.82) is 5.26 Å². The molecule has 1 aliphatic carbocycles. The largest absolute Gasteiger partial charge is 0.373 e. The fraction of sp³-hybridized carbons (Fsp3) is 0.448. The molecule has 40 heavy (non-hydrogen) atoms. The number of hydrogen-bond donors (Lipinski definition) is 2. The molecule has 9 nitrogen and oxygen atoms in total. The number of aliphatic imine (C=N–C) groups is 1. The fourth-order valence-electron chi connectivity index (χ4n) is 5.01. The highest BCUT2D eigenvalue weighted by molar-refractivity contribution is 7.16. The highest BCUT2D eigenvalue weighted by atomic mass is 32.1. The van der Waals surface area contributed by atoms with Crippen LogP contribution < -0.4 is 15.6 Å². The lowest BCUT2D eigenvalue weighted by Gasteiger charge is -2.36. The molecule has 0 unspecified atom stereocenters. The number of aromatic nitrogens is 1. The van der Waals surface area contributed by atoms with Crippen molar-refractivity contribution < 1.29 is 9.18 Å². The van der Waals surface area contributed by atoms with Gasteiger partial charge in [-0.1, -0.05) is 24.8 Å². The maximum absolute atomic E-state index is 13.5. The number of thiazole rings is 1. The third kappa shape index (κ3) is 6.45. The van der Waals surface area contributed by atoms with E-state index < -0.39 is 0 Å². The second-order valence-electron chi connectivity index (χ2n) is 10.00. The summed E-state index contributed by atoms with van der Waals surface area (Å²) in [6.45, 7) is 7.37. The first-order valence-corrected chi connectivity index (χ1v) is 14.4. The van der Waals surface area contributed by atoms with Crippen LogP contribution in [0.15, 0.2) is 53.6 Å². The molecule has 0 bridgehead atoms. The minimum Gasteiger partial charge on any atom is -0.373 e. The number of hydrogen-bond acceptors (Lipinski definition) is 8. The van der Waals surface area contributed by atoms with E-state index in [1.807, 2.05) is 36.0 Å². The number of nitriles is 1. The van der Waals surface area contributed by atoms with Crippen molar-refractivity contribution in [3.63, 3.8) is 0 Å². The number of nitrogens with zero attached hydrogens (tertiary/aromatic N) is 6. The number of anilines is 1. The molecule has 1 saturated heterocycles. The number of likely N-dealkylation sites (tertiary alicyclic amines) is 1. The summed E-state index contributed by atoms with van der Waals surface area (Å²) in [7, 11) is 5.67. The van der Waals surface area contributed by atoms with Gasteiger partial charge in [0.1, 0.15) is 34.1 Å². The lowest BCUT2D eigenvalue weighted by Crippen LogP contribution is -2.48. The molecule has 1 amide bonds. The number of amidine groups is 1. The average Bonchev–Trinajstić information content (AvgIpc) is 3.74. The Morgan fingerprint density at radius 1 is 1.25 bits per heavy atom. The van der Waals surface area contributed by atoms with Crippen LogP contribution in [-0.4, -0.2) is 60.9 Å². The van der Waals surface area contributed by atoms with Gasteiger partial charge in [0.15, 0.2) is 5.13 Å². The van der Waals surface area contributed by atoms with Gasteiger partial charge in [0.05, 0.1) is 5.70 Å². The van der Waals surface area contributed by atoms with E-state index in [0.717, 1.165) is 56.1 Å². The highest BCUT2D eigenvalue weighted by Crippen LogP contribution is 2.34. The van der Waals surface area contributed by atoms with Crippen molar-refractivity contribution in [2.75, 3.05) is 39.1 Å². The number of halogens is 1. The monoisotopic (exact) mass is 564 g/mol. The summed E-state index contributed by atoms with van der Waals surface area (Å²) in [5.74, 6) is 2.07. The highest BCUT2D eigenvalue weighted by Gasteiger charge is 2.36. The number of nitrogens with one attached hydrogen (secondary N) is 2. The van der Waals surface area contributed by atoms with Crippen LogP contribution in [0, 0.1) is 29.0 Å². The van der Waals surface area contributed by atoms with Crippen LogP contribution in [0.2, 0.25) is 0 Å². The molecule has 1 aliphatic heterocycles. The Morgan fingerprint density at radius 2 is 1.93 bits per heavy atom. The number of piperidine rings is 1. The number of hydrazine groups is 1. The summed E-state index contributed by atoms with van der Waals surface area (Å²) < 4.78 is 13.5. The van der Waals surface area contributed by atoms with E-state index in [2.05, 4.69) is 35.3 Å². The van der Waals surface area contributed by atoms with Gasteiger partial charge >= 0.3 is 0 Å². The van der Waals surface area contributed by atoms with Gasteiger partial charge < -0.3 is 15.1 Å². The Labute approximate surface area is 239 Å². The summed E-state index contributed by atoms with van der Waals surface area (Å²) in [6, 6.07) is 8.22. The van der Waals surface area contributed by atoms with Crippen LogP contribution in [0.3, 0.4) is 0 Å². The number of carbonyl (C=O) groups is 1. The summed E-state index contributed by atoms with van der Waals surface area (Å²) in [5, 5.41) is 15.6. The molecule has 2 aromatic rings. The Kier molecular flexibility index (Phi) is 9.42. The van der Waals surface area contributed by atoms with Crippen LogP contribution in [0.1, 0.15) is 43.9 Å². The number of carbonyl (C=O) groups excluding carboxylic acids is 1. The van der Waals surface area contributed by atoms with E-state index in [4.69, 9.17) is 4.98 Å². The third-order valence-corrected chi connectivity index (χ3v) is 8.34. The number of rotatable bonds is 10. The topological polar surface area (TPSA) is 99.9 Å². The van der Waals surface area contributed by atoms with Gasteiger partial charge in [-0.05, 0) is 56.4 Å².